The molecule has 0 spiro atoms. The topological polar surface area (TPSA) is 66.5 Å². The Kier molecular flexibility index (Phi) is 5.26. The van der Waals surface area contributed by atoms with Gasteiger partial charge < -0.3 is 10.3 Å². The molecule has 0 amide bonds. The van der Waals surface area contributed by atoms with Crippen molar-refractivity contribution in [3.63, 3.8) is 0 Å². The highest BCUT2D eigenvalue weighted by Crippen LogP contribution is 2.33. The van der Waals surface area contributed by atoms with E-state index in [1.165, 1.54) is 12.1 Å². The number of rotatable bonds is 4. The summed E-state index contributed by atoms with van der Waals surface area (Å²) in [5.74, 6) is 0.894. The maximum atomic E-state index is 13.5. The molecule has 2 heterocycles. The minimum Gasteiger partial charge on any atom is -0.350 e. The molecule has 5 nitrogen and oxygen atoms in total. The normalized spacial score (nSPS) is 11.5. The summed E-state index contributed by atoms with van der Waals surface area (Å²) in [6.45, 7) is 6.13. The third-order valence-corrected chi connectivity index (χ3v) is 4.59. The summed E-state index contributed by atoms with van der Waals surface area (Å²) >= 11 is 6.02. The third kappa shape index (κ3) is 4.49. The number of hydrogen-bond acceptors (Lipinski definition) is 4. The molecule has 0 saturated carbocycles. The number of nitrogens with one attached hydrogen (secondary N) is 2. The maximum absolute atomic E-state index is 13.5. The SMILES string of the molecule is CC(C)(C)Nc1nccc(-c2[nH]c(-c3ccc(Cl)cc3)nc2-c2ccc(F)cc2)n1. The number of imidazole rings is 1. The fraction of sp³-hybridized carbons (Fsp3) is 0.174. The van der Waals surface area contributed by atoms with Crippen LogP contribution < -0.4 is 5.32 Å². The van der Waals surface area contributed by atoms with Crippen LogP contribution >= 0.6 is 11.6 Å². The monoisotopic (exact) mass is 421 g/mol. The number of aromatic nitrogens is 4. The molecule has 30 heavy (non-hydrogen) atoms. The molecule has 152 valence electrons. The van der Waals surface area contributed by atoms with E-state index in [1.807, 2.05) is 51.1 Å². The summed E-state index contributed by atoms with van der Waals surface area (Å²) in [6.07, 6.45) is 1.70. The van der Waals surface area contributed by atoms with Gasteiger partial charge in [0.15, 0.2) is 0 Å². The molecule has 0 radical (unpaired) electrons. The van der Waals surface area contributed by atoms with Gasteiger partial charge in [0.1, 0.15) is 11.6 Å². The summed E-state index contributed by atoms with van der Waals surface area (Å²) in [4.78, 5) is 17.1. The van der Waals surface area contributed by atoms with Crippen molar-refractivity contribution in [2.75, 3.05) is 5.32 Å². The second-order valence-electron chi connectivity index (χ2n) is 7.96. The summed E-state index contributed by atoms with van der Waals surface area (Å²) in [5, 5.41) is 3.93. The van der Waals surface area contributed by atoms with Gasteiger partial charge >= 0.3 is 0 Å². The van der Waals surface area contributed by atoms with Crippen LogP contribution in [0.1, 0.15) is 20.8 Å². The summed E-state index contributed by atoms with van der Waals surface area (Å²) in [5.41, 5.74) is 3.58. The molecule has 4 rings (SSSR count). The first-order valence-corrected chi connectivity index (χ1v) is 9.90. The summed E-state index contributed by atoms with van der Waals surface area (Å²) < 4.78 is 13.5. The van der Waals surface area contributed by atoms with Gasteiger partial charge in [-0.05, 0) is 75.4 Å². The molecule has 2 aromatic carbocycles. The Morgan fingerprint density at radius 1 is 0.900 bits per heavy atom. The summed E-state index contributed by atoms with van der Waals surface area (Å²) in [6, 6.07) is 15.5. The van der Waals surface area contributed by atoms with Crippen LogP contribution in [0.2, 0.25) is 5.02 Å². The van der Waals surface area contributed by atoms with Gasteiger partial charge in [-0.15, -0.1) is 0 Å². The molecule has 4 aromatic rings. The molecule has 2 N–H and O–H groups in total. The van der Waals surface area contributed by atoms with Crippen molar-refractivity contribution in [3.05, 3.63) is 71.6 Å². The minimum absolute atomic E-state index is 0.180. The lowest BCUT2D eigenvalue weighted by atomic mass is 10.1. The van der Waals surface area contributed by atoms with Gasteiger partial charge in [0.05, 0.1) is 17.1 Å². The Bertz CT molecular complexity index is 1160. The highest BCUT2D eigenvalue weighted by atomic mass is 35.5. The van der Waals surface area contributed by atoms with Crippen molar-refractivity contribution in [2.45, 2.75) is 26.3 Å². The Hall–Kier alpha value is -3.25. The van der Waals surface area contributed by atoms with Crippen LogP contribution in [0.5, 0.6) is 0 Å². The number of nitrogens with zero attached hydrogens (tertiary/aromatic N) is 3. The zero-order chi connectivity index (χ0) is 21.3. The van der Waals surface area contributed by atoms with Gasteiger partial charge in [0.25, 0.3) is 0 Å². The van der Waals surface area contributed by atoms with Gasteiger partial charge in [0.2, 0.25) is 5.95 Å². The van der Waals surface area contributed by atoms with E-state index in [4.69, 9.17) is 16.6 Å². The predicted molar refractivity (Wildman–Crippen MR) is 119 cm³/mol. The van der Waals surface area contributed by atoms with Crippen molar-refractivity contribution in [3.8, 4) is 34.0 Å². The van der Waals surface area contributed by atoms with Crippen LogP contribution in [0.15, 0.2) is 60.8 Å². The third-order valence-electron chi connectivity index (χ3n) is 4.34. The van der Waals surface area contributed by atoms with Crippen molar-refractivity contribution in [2.24, 2.45) is 0 Å². The van der Waals surface area contributed by atoms with E-state index >= 15 is 0 Å². The Labute approximate surface area is 179 Å². The molecule has 0 aliphatic heterocycles. The second-order valence-corrected chi connectivity index (χ2v) is 8.40. The smallest absolute Gasteiger partial charge is 0.223 e. The standard InChI is InChI=1S/C23H21ClFN5/c1-23(2,3)30-22-26-13-12-18(27-22)20-19(14-6-10-17(25)11-7-14)28-21(29-20)15-4-8-16(24)9-5-15/h4-13H,1-3H3,(H,28,29)(H,26,27,30). The number of benzene rings is 2. The van der Waals surface area contributed by atoms with Gasteiger partial charge in [-0.2, -0.15) is 0 Å². The lowest BCUT2D eigenvalue weighted by Gasteiger charge is -2.20. The number of anilines is 1. The van der Waals surface area contributed by atoms with Crippen LogP contribution in [0.25, 0.3) is 34.0 Å². The van der Waals surface area contributed by atoms with E-state index in [-0.39, 0.29) is 11.4 Å². The van der Waals surface area contributed by atoms with Gasteiger partial charge in [0, 0.05) is 27.9 Å². The van der Waals surface area contributed by atoms with E-state index in [2.05, 4.69) is 20.3 Å². The predicted octanol–water partition coefficient (Wildman–Crippen LogP) is 6.20. The van der Waals surface area contributed by atoms with Crippen LogP contribution in [0, 0.1) is 5.82 Å². The molecular weight excluding hydrogens is 401 g/mol. The van der Waals surface area contributed by atoms with E-state index in [0.29, 0.717) is 28.2 Å². The first-order chi connectivity index (χ1) is 14.3. The molecular formula is C23H21ClFN5. The zero-order valence-electron chi connectivity index (χ0n) is 16.9. The molecule has 0 aliphatic carbocycles. The number of halogens is 2. The van der Waals surface area contributed by atoms with Crippen molar-refractivity contribution in [1.82, 2.24) is 19.9 Å². The maximum Gasteiger partial charge on any atom is 0.223 e. The molecule has 0 aliphatic rings. The van der Waals surface area contributed by atoms with Crippen LogP contribution in [-0.4, -0.2) is 25.5 Å². The van der Waals surface area contributed by atoms with Crippen molar-refractivity contribution >= 4 is 17.5 Å². The largest absolute Gasteiger partial charge is 0.350 e. The minimum atomic E-state index is -0.299. The Balaban J connectivity index is 1.84. The van der Waals surface area contributed by atoms with Gasteiger partial charge in [-0.3, -0.25) is 0 Å². The van der Waals surface area contributed by atoms with E-state index in [0.717, 1.165) is 16.8 Å². The van der Waals surface area contributed by atoms with Gasteiger partial charge in [-0.1, -0.05) is 11.6 Å². The van der Waals surface area contributed by atoms with Crippen LogP contribution in [-0.2, 0) is 0 Å². The van der Waals surface area contributed by atoms with E-state index in [1.54, 1.807) is 18.3 Å². The first-order valence-electron chi connectivity index (χ1n) is 9.52. The van der Waals surface area contributed by atoms with Gasteiger partial charge in [-0.25, -0.2) is 19.3 Å². The van der Waals surface area contributed by atoms with Crippen molar-refractivity contribution in [1.29, 1.82) is 0 Å². The van der Waals surface area contributed by atoms with E-state index in [9.17, 15) is 4.39 Å². The Morgan fingerprint density at radius 2 is 1.57 bits per heavy atom. The van der Waals surface area contributed by atoms with Crippen molar-refractivity contribution < 1.29 is 4.39 Å². The fourth-order valence-electron chi connectivity index (χ4n) is 3.01. The second kappa shape index (κ2) is 7.88. The molecule has 0 saturated heterocycles. The zero-order valence-corrected chi connectivity index (χ0v) is 17.6. The highest BCUT2D eigenvalue weighted by molar-refractivity contribution is 6.30. The lowest BCUT2D eigenvalue weighted by molar-refractivity contribution is 0.626. The number of aromatic amines is 1. The number of H-pyrrole nitrogens is 1. The average molecular weight is 422 g/mol. The lowest BCUT2D eigenvalue weighted by Crippen LogP contribution is -2.27. The highest BCUT2D eigenvalue weighted by Gasteiger charge is 2.18. The molecule has 0 atom stereocenters. The molecule has 2 aromatic heterocycles. The Morgan fingerprint density at radius 3 is 2.23 bits per heavy atom. The van der Waals surface area contributed by atoms with Crippen LogP contribution in [0.3, 0.4) is 0 Å². The summed E-state index contributed by atoms with van der Waals surface area (Å²) in [7, 11) is 0. The molecule has 0 unspecified atom stereocenters. The average Bonchev–Trinajstić information content (AvgIpc) is 3.13. The molecule has 7 heteroatoms. The quantitative estimate of drug-likeness (QED) is 0.411. The van der Waals surface area contributed by atoms with Crippen LogP contribution in [0.4, 0.5) is 10.3 Å². The fourth-order valence-corrected chi connectivity index (χ4v) is 3.14. The molecule has 0 bridgehead atoms. The number of hydrogen-bond donors (Lipinski definition) is 2. The van der Waals surface area contributed by atoms with E-state index < -0.39 is 0 Å². The first kappa shape index (κ1) is 20.0. The molecule has 0 fully saturated rings.